The minimum atomic E-state index is 0.262. The van der Waals surface area contributed by atoms with E-state index in [1.54, 1.807) is 7.11 Å². The van der Waals surface area contributed by atoms with E-state index < -0.39 is 0 Å². The average molecular weight is 401 g/mol. The number of anilines is 2. The molecule has 1 aromatic heterocycles. The first-order valence-corrected chi connectivity index (χ1v) is 7.73. The summed E-state index contributed by atoms with van der Waals surface area (Å²) in [5.41, 5.74) is 0.849. The van der Waals surface area contributed by atoms with Crippen LogP contribution in [0, 0.1) is 0 Å². The van der Waals surface area contributed by atoms with Crippen LogP contribution in [-0.4, -0.2) is 17.1 Å². The molecule has 0 fully saturated rings. The van der Waals surface area contributed by atoms with E-state index in [1.807, 2.05) is 24.3 Å². The van der Waals surface area contributed by atoms with Gasteiger partial charge in [-0.15, -0.1) is 0 Å². The molecular weight excluding hydrogens is 386 g/mol. The zero-order chi connectivity index (χ0) is 14.7. The molecule has 0 spiro atoms. The molecule has 6 heteroatoms. The molecule has 0 amide bonds. The van der Waals surface area contributed by atoms with E-state index >= 15 is 0 Å². The Bertz CT molecular complexity index is 617. The number of nitrogens with zero attached hydrogens (tertiary/aromatic N) is 2. The summed E-state index contributed by atoms with van der Waals surface area (Å²) >= 11 is 6.87. The average Bonchev–Trinajstić information content (AvgIpc) is 2.38. The number of nitrogens with one attached hydrogen (secondary N) is 1. The van der Waals surface area contributed by atoms with Crippen molar-refractivity contribution in [1.29, 1.82) is 0 Å². The van der Waals surface area contributed by atoms with Crippen molar-refractivity contribution in [2.45, 2.75) is 19.8 Å². The number of ether oxygens (including phenoxy) is 1. The minimum Gasteiger partial charge on any atom is -0.495 e. The first kappa shape index (κ1) is 15.3. The zero-order valence-electron chi connectivity index (χ0n) is 11.4. The van der Waals surface area contributed by atoms with Gasteiger partial charge in [0, 0.05) is 16.5 Å². The standard InChI is InChI=1S/C14H15Br2N3O/c1-8(2)14-18-12(16)7-13(19-14)17-10-6-9(15)4-5-11(10)20-3/h4-8H,1-3H3,(H,17,18,19). The number of hydrogen-bond donors (Lipinski definition) is 1. The maximum Gasteiger partial charge on any atom is 0.142 e. The summed E-state index contributed by atoms with van der Waals surface area (Å²) in [5, 5.41) is 3.26. The van der Waals surface area contributed by atoms with Crippen LogP contribution in [0.1, 0.15) is 25.6 Å². The molecule has 0 radical (unpaired) electrons. The number of aromatic nitrogens is 2. The molecule has 2 rings (SSSR count). The maximum atomic E-state index is 5.34. The third-order valence-corrected chi connectivity index (χ3v) is 3.55. The monoisotopic (exact) mass is 399 g/mol. The van der Waals surface area contributed by atoms with Crippen LogP contribution in [0.3, 0.4) is 0 Å². The molecule has 0 atom stereocenters. The van der Waals surface area contributed by atoms with Gasteiger partial charge in [0.1, 0.15) is 22.0 Å². The molecule has 0 aliphatic carbocycles. The fourth-order valence-corrected chi connectivity index (χ4v) is 2.43. The molecule has 1 N–H and O–H groups in total. The largest absolute Gasteiger partial charge is 0.495 e. The number of halogens is 2. The van der Waals surface area contributed by atoms with Gasteiger partial charge in [-0.25, -0.2) is 9.97 Å². The highest BCUT2D eigenvalue weighted by Crippen LogP contribution is 2.31. The highest BCUT2D eigenvalue weighted by atomic mass is 79.9. The molecule has 0 saturated carbocycles. The Labute approximate surface area is 135 Å². The second kappa shape index (κ2) is 6.54. The molecule has 4 nitrogen and oxygen atoms in total. The molecule has 0 bridgehead atoms. The fraction of sp³-hybridized carbons (Fsp3) is 0.286. The lowest BCUT2D eigenvalue weighted by Gasteiger charge is -2.13. The normalized spacial score (nSPS) is 10.7. The van der Waals surface area contributed by atoms with E-state index in [0.717, 1.165) is 32.2 Å². The summed E-state index contributed by atoms with van der Waals surface area (Å²) in [6.45, 7) is 4.12. The molecule has 0 unspecified atom stereocenters. The molecule has 0 aliphatic heterocycles. The third kappa shape index (κ3) is 3.70. The van der Waals surface area contributed by atoms with E-state index in [9.17, 15) is 0 Å². The summed E-state index contributed by atoms with van der Waals surface area (Å²) in [5.74, 6) is 2.54. The van der Waals surface area contributed by atoms with Crippen molar-refractivity contribution in [3.8, 4) is 5.75 Å². The van der Waals surface area contributed by atoms with E-state index in [-0.39, 0.29) is 5.92 Å². The van der Waals surface area contributed by atoms with Crippen LogP contribution < -0.4 is 10.1 Å². The van der Waals surface area contributed by atoms with E-state index in [0.29, 0.717) is 0 Å². The Hall–Kier alpha value is -1.14. The van der Waals surface area contributed by atoms with E-state index in [2.05, 4.69) is 61.0 Å². The molecule has 0 aliphatic rings. The van der Waals surface area contributed by atoms with Crippen LogP contribution in [-0.2, 0) is 0 Å². The lowest BCUT2D eigenvalue weighted by molar-refractivity contribution is 0.416. The molecular formula is C14H15Br2N3O. The topological polar surface area (TPSA) is 47.0 Å². The van der Waals surface area contributed by atoms with Gasteiger partial charge in [0.2, 0.25) is 0 Å². The van der Waals surface area contributed by atoms with E-state index in [4.69, 9.17) is 4.74 Å². The molecule has 1 aromatic carbocycles. The van der Waals surface area contributed by atoms with Crippen LogP contribution in [0.4, 0.5) is 11.5 Å². The summed E-state index contributed by atoms with van der Waals surface area (Å²) in [7, 11) is 1.64. The molecule has 106 valence electrons. The predicted octanol–water partition coefficient (Wildman–Crippen LogP) is 4.88. The quantitative estimate of drug-likeness (QED) is 0.743. The second-order valence-corrected chi connectivity index (χ2v) is 6.29. The predicted molar refractivity (Wildman–Crippen MR) is 87.8 cm³/mol. The van der Waals surface area contributed by atoms with Crippen molar-refractivity contribution in [1.82, 2.24) is 9.97 Å². The van der Waals surface area contributed by atoms with Gasteiger partial charge in [-0.05, 0) is 34.1 Å². The van der Waals surface area contributed by atoms with Gasteiger partial charge in [-0.1, -0.05) is 29.8 Å². The number of methoxy groups -OCH3 is 1. The summed E-state index contributed by atoms with van der Waals surface area (Å²) in [6, 6.07) is 7.61. The zero-order valence-corrected chi connectivity index (χ0v) is 14.6. The van der Waals surface area contributed by atoms with Gasteiger partial charge in [0.15, 0.2) is 0 Å². The Morgan fingerprint density at radius 2 is 1.90 bits per heavy atom. The summed E-state index contributed by atoms with van der Waals surface area (Å²) in [4.78, 5) is 8.87. The van der Waals surface area contributed by atoms with Gasteiger partial charge in [-0.2, -0.15) is 0 Å². The van der Waals surface area contributed by atoms with Crippen LogP contribution in [0.5, 0.6) is 5.75 Å². The minimum absolute atomic E-state index is 0.262. The highest BCUT2D eigenvalue weighted by molar-refractivity contribution is 9.10. The van der Waals surface area contributed by atoms with Crippen molar-refractivity contribution in [2.75, 3.05) is 12.4 Å². The second-order valence-electron chi connectivity index (χ2n) is 4.56. The van der Waals surface area contributed by atoms with Crippen LogP contribution >= 0.6 is 31.9 Å². The fourth-order valence-electron chi connectivity index (χ4n) is 1.67. The van der Waals surface area contributed by atoms with Gasteiger partial charge < -0.3 is 10.1 Å². The Morgan fingerprint density at radius 1 is 1.15 bits per heavy atom. The van der Waals surface area contributed by atoms with Crippen molar-refractivity contribution >= 4 is 43.4 Å². The van der Waals surface area contributed by atoms with Gasteiger partial charge >= 0.3 is 0 Å². The first-order valence-electron chi connectivity index (χ1n) is 6.14. The Morgan fingerprint density at radius 3 is 2.55 bits per heavy atom. The smallest absolute Gasteiger partial charge is 0.142 e. The van der Waals surface area contributed by atoms with Gasteiger partial charge in [0.05, 0.1) is 12.8 Å². The SMILES string of the molecule is COc1ccc(Br)cc1Nc1cc(Br)nc(C(C)C)n1. The molecule has 2 aromatic rings. The number of rotatable bonds is 4. The number of hydrogen-bond acceptors (Lipinski definition) is 4. The Balaban J connectivity index is 2.37. The van der Waals surface area contributed by atoms with Crippen molar-refractivity contribution in [3.05, 3.63) is 39.2 Å². The van der Waals surface area contributed by atoms with Crippen LogP contribution in [0.2, 0.25) is 0 Å². The lowest BCUT2D eigenvalue weighted by Crippen LogP contribution is -2.03. The van der Waals surface area contributed by atoms with E-state index in [1.165, 1.54) is 0 Å². The maximum absolute atomic E-state index is 5.34. The third-order valence-electron chi connectivity index (χ3n) is 2.65. The Kier molecular flexibility index (Phi) is 4.99. The molecule has 1 heterocycles. The van der Waals surface area contributed by atoms with Crippen molar-refractivity contribution in [2.24, 2.45) is 0 Å². The van der Waals surface area contributed by atoms with Gasteiger partial charge in [0.25, 0.3) is 0 Å². The lowest BCUT2D eigenvalue weighted by atomic mass is 10.2. The van der Waals surface area contributed by atoms with Crippen LogP contribution in [0.15, 0.2) is 33.3 Å². The summed E-state index contributed by atoms with van der Waals surface area (Å²) < 4.78 is 7.07. The molecule has 20 heavy (non-hydrogen) atoms. The summed E-state index contributed by atoms with van der Waals surface area (Å²) in [6.07, 6.45) is 0. The van der Waals surface area contributed by atoms with Crippen LogP contribution in [0.25, 0.3) is 0 Å². The molecule has 0 saturated heterocycles. The van der Waals surface area contributed by atoms with Crippen molar-refractivity contribution in [3.63, 3.8) is 0 Å². The van der Waals surface area contributed by atoms with Gasteiger partial charge in [-0.3, -0.25) is 0 Å². The highest BCUT2D eigenvalue weighted by Gasteiger charge is 2.09. The number of benzene rings is 1. The first-order chi connectivity index (χ1) is 9.49. The van der Waals surface area contributed by atoms with Crippen molar-refractivity contribution < 1.29 is 4.74 Å².